The third kappa shape index (κ3) is 6.68. The van der Waals surface area contributed by atoms with Gasteiger partial charge in [0.2, 0.25) is 0 Å². The quantitative estimate of drug-likeness (QED) is 0.327. The van der Waals surface area contributed by atoms with Crippen LogP contribution in [0.2, 0.25) is 0 Å². The molecular formula is C23H25BrN4O3. The summed E-state index contributed by atoms with van der Waals surface area (Å²) in [6.07, 6.45) is 3.04. The molecule has 3 N–H and O–H groups in total. The number of H-pyrrole nitrogens is 1. The summed E-state index contributed by atoms with van der Waals surface area (Å²) in [7, 11) is 0. The highest BCUT2D eigenvalue weighted by molar-refractivity contribution is 9.10. The summed E-state index contributed by atoms with van der Waals surface area (Å²) in [5.74, 6) is -0.237. The number of rotatable bonds is 8. The van der Waals surface area contributed by atoms with Crippen LogP contribution in [-0.2, 0) is 16.0 Å². The summed E-state index contributed by atoms with van der Waals surface area (Å²) >= 11 is 3.40. The first-order valence-corrected chi connectivity index (χ1v) is 10.8. The Morgan fingerprint density at radius 2 is 2.00 bits per heavy atom. The summed E-state index contributed by atoms with van der Waals surface area (Å²) in [5.41, 5.74) is 5.22. The molecule has 0 fully saturated rings. The molecule has 3 rings (SSSR count). The number of carbonyl (C=O) groups is 2. The highest BCUT2D eigenvalue weighted by Gasteiger charge is 2.23. The molecule has 31 heavy (non-hydrogen) atoms. The summed E-state index contributed by atoms with van der Waals surface area (Å²) in [4.78, 5) is 28.2. The molecule has 0 spiro atoms. The van der Waals surface area contributed by atoms with Gasteiger partial charge in [-0.1, -0.05) is 60.1 Å². The maximum Gasteiger partial charge on any atom is 0.407 e. The van der Waals surface area contributed by atoms with E-state index in [1.165, 1.54) is 0 Å². The minimum absolute atomic E-state index is 0.196. The number of ether oxygens (including phenoxy) is 1. The number of alkyl carbamates (subject to hydrolysis) is 1. The van der Waals surface area contributed by atoms with Gasteiger partial charge < -0.3 is 15.0 Å². The number of benzene rings is 2. The number of nitrogens with one attached hydrogen (secondary N) is 3. The number of carbonyl (C=O) groups excluding carboxylic acids is 2. The van der Waals surface area contributed by atoms with Gasteiger partial charge in [0.05, 0.1) is 12.8 Å². The number of hydrogen-bond acceptors (Lipinski definition) is 4. The second-order valence-corrected chi connectivity index (χ2v) is 8.46. The SMILES string of the molecule is CC(C)COC(=O)N[C@H](Cc1c[nH]c2ccccc12)C(=O)N/N=C\c1cccc(Br)c1. The molecule has 0 unspecified atom stereocenters. The predicted octanol–water partition coefficient (Wildman–Crippen LogP) is 4.37. The lowest BCUT2D eigenvalue weighted by atomic mass is 10.0. The van der Waals surface area contributed by atoms with Crippen LogP contribution in [0.15, 0.2) is 64.3 Å². The lowest BCUT2D eigenvalue weighted by molar-refractivity contribution is -0.123. The summed E-state index contributed by atoms with van der Waals surface area (Å²) in [5, 5.41) is 7.69. The third-order valence-electron chi connectivity index (χ3n) is 4.49. The highest BCUT2D eigenvalue weighted by Crippen LogP contribution is 2.19. The number of amides is 2. The van der Waals surface area contributed by atoms with E-state index in [-0.39, 0.29) is 12.5 Å². The van der Waals surface area contributed by atoms with Crippen molar-refractivity contribution in [2.24, 2.45) is 11.0 Å². The maximum atomic E-state index is 12.8. The molecule has 2 amide bonds. The molecule has 0 aliphatic heterocycles. The first-order valence-electron chi connectivity index (χ1n) is 9.99. The zero-order valence-corrected chi connectivity index (χ0v) is 19.0. The molecule has 0 radical (unpaired) electrons. The Balaban J connectivity index is 1.72. The van der Waals surface area contributed by atoms with Crippen molar-refractivity contribution in [2.75, 3.05) is 6.61 Å². The Kier molecular flexibility index (Phi) is 7.83. The second kappa shape index (κ2) is 10.8. The normalized spacial score (nSPS) is 12.3. The molecule has 1 aromatic heterocycles. The summed E-state index contributed by atoms with van der Waals surface area (Å²) in [6.45, 7) is 4.16. The van der Waals surface area contributed by atoms with Gasteiger partial charge in [-0.3, -0.25) is 4.79 Å². The fourth-order valence-electron chi connectivity index (χ4n) is 2.99. The number of nitrogens with zero attached hydrogens (tertiary/aromatic N) is 1. The van der Waals surface area contributed by atoms with Crippen LogP contribution < -0.4 is 10.7 Å². The van der Waals surface area contributed by atoms with Gasteiger partial charge in [0.25, 0.3) is 5.91 Å². The van der Waals surface area contributed by atoms with E-state index in [1.807, 2.05) is 68.6 Å². The molecule has 7 nitrogen and oxygen atoms in total. The smallest absolute Gasteiger partial charge is 0.407 e. The van der Waals surface area contributed by atoms with E-state index in [4.69, 9.17) is 4.74 Å². The summed E-state index contributed by atoms with van der Waals surface area (Å²) < 4.78 is 6.11. The number of para-hydroxylation sites is 1. The molecule has 3 aromatic rings. The van der Waals surface area contributed by atoms with Crippen molar-refractivity contribution in [1.82, 2.24) is 15.7 Å². The Hall–Kier alpha value is -3.13. The van der Waals surface area contributed by atoms with E-state index in [0.717, 1.165) is 26.5 Å². The molecule has 0 saturated carbocycles. The largest absolute Gasteiger partial charge is 0.449 e. The van der Waals surface area contributed by atoms with Crippen molar-refractivity contribution in [3.63, 3.8) is 0 Å². The molecule has 1 atom stereocenters. The van der Waals surface area contributed by atoms with Crippen molar-refractivity contribution >= 4 is 45.0 Å². The van der Waals surface area contributed by atoms with Gasteiger partial charge in [-0.2, -0.15) is 5.10 Å². The summed E-state index contributed by atoms with van der Waals surface area (Å²) in [6, 6.07) is 14.5. The molecule has 8 heteroatoms. The standard InChI is InChI=1S/C23H25BrN4O3/c1-15(2)14-31-23(30)27-21(11-17-13-25-20-9-4-3-8-19(17)20)22(29)28-26-12-16-6-5-7-18(24)10-16/h3-10,12-13,15,21,25H,11,14H2,1-2H3,(H,27,30)(H,28,29)/b26-12-/t21-/m1/s1. The monoisotopic (exact) mass is 484 g/mol. The van der Waals surface area contributed by atoms with Crippen molar-refractivity contribution in [2.45, 2.75) is 26.3 Å². The van der Waals surface area contributed by atoms with Crippen LogP contribution in [0, 0.1) is 5.92 Å². The number of aromatic nitrogens is 1. The molecule has 0 aliphatic carbocycles. The van der Waals surface area contributed by atoms with Gasteiger partial charge in [-0.05, 0) is 35.2 Å². The maximum absolute atomic E-state index is 12.8. The van der Waals surface area contributed by atoms with Crippen molar-refractivity contribution in [3.05, 3.63) is 70.3 Å². The Labute approximate surface area is 189 Å². The molecular weight excluding hydrogens is 460 g/mol. The average molecular weight is 485 g/mol. The highest BCUT2D eigenvalue weighted by atomic mass is 79.9. The third-order valence-corrected chi connectivity index (χ3v) is 4.99. The number of fused-ring (bicyclic) bond motifs is 1. The molecule has 0 bridgehead atoms. The minimum Gasteiger partial charge on any atom is -0.449 e. The topological polar surface area (TPSA) is 95.6 Å². The van der Waals surface area contributed by atoms with Crippen LogP contribution in [0.5, 0.6) is 0 Å². The minimum atomic E-state index is -0.849. The second-order valence-electron chi connectivity index (χ2n) is 7.54. The van der Waals surface area contributed by atoms with Crippen LogP contribution >= 0.6 is 15.9 Å². The Morgan fingerprint density at radius 1 is 1.19 bits per heavy atom. The molecule has 0 saturated heterocycles. The van der Waals surface area contributed by atoms with Crippen LogP contribution in [-0.4, -0.2) is 35.8 Å². The number of aromatic amines is 1. The first kappa shape index (κ1) is 22.6. The fraction of sp³-hybridized carbons (Fsp3) is 0.261. The van der Waals surface area contributed by atoms with E-state index in [2.05, 4.69) is 36.8 Å². The Morgan fingerprint density at radius 3 is 2.77 bits per heavy atom. The van der Waals surface area contributed by atoms with Gasteiger partial charge >= 0.3 is 6.09 Å². The zero-order valence-electron chi connectivity index (χ0n) is 17.4. The van der Waals surface area contributed by atoms with E-state index in [1.54, 1.807) is 6.21 Å². The van der Waals surface area contributed by atoms with Gasteiger partial charge in [0.15, 0.2) is 0 Å². The average Bonchev–Trinajstić information content (AvgIpc) is 3.15. The van der Waals surface area contributed by atoms with Crippen LogP contribution in [0.3, 0.4) is 0 Å². The lowest BCUT2D eigenvalue weighted by Gasteiger charge is -2.17. The van der Waals surface area contributed by atoms with Crippen molar-refractivity contribution in [3.8, 4) is 0 Å². The van der Waals surface area contributed by atoms with Crippen LogP contribution in [0.25, 0.3) is 10.9 Å². The predicted molar refractivity (Wildman–Crippen MR) is 125 cm³/mol. The number of hydrogen-bond donors (Lipinski definition) is 3. The fourth-order valence-corrected chi connectivity index (χ4v) is 3.41. The molecule has 162 valence electrons. The van der Waals surface area contributed by atoms with E-state index in [9.17, 15) is 9.59 Å². The lowest BCUT2D eigenvalue weighted by Crippen LogP contribution is -2.47. The van der Waals surface area contributed by atoms with E-state index < -0.39 is 18.0 Å². The number of halogens is 1. The van der Waals surface area contributed by atoms with Crippen LogP contribution in [0.4, 0.5) is 4.79 Å². The zero-order chi connectivity index (χ0) is 22.2. The molecule has 0 aliphatic rings. The Bertz CT molecular complexity index is 1080. The van der Waals surface area contributed by atoms with E-state index in [0.29, 0.717) is 6.42 Å². The van der Waals surface area contributed by atoms with Crippen LogP contribution in [0.1, 0.15) is 25.0 Å². The van der Waals surface area contributed by atoms with Gasteiger partial charge in [-0.15, -0.1) is 0 Å². The van der Waals surface area contributed by atoms with Gasteiger partial charge in [0.1, 0.15) is 6.04 Å². The van der Waals surface area contributed by atoms with Gasteiger partial charge in [-0.25, -0.2) is 10.2 Å². The molecule has 2 aromatic carbocycles. The van der Waals surface area contributed by atoms with E-state index >= 15 is 0 Å². The first-order chi connectivity index (χ1) is 14.9. The van der Waals surface area contributed by atoms with Crippen molar-refractivity contribution in [1.29, 1.82) is 0 Å². The molecule has 1 heterocycles. The number of hydrazone groups is 1. The van der Waals surface area contributed by atoms with Gasteiger partial charge in [0, 0.05) is 28.0 Å². The van der Waals surface area contributed by atoms with Crippen molar-refractivity contribution < 1.29 is 14.3 Å².